The first kappa shape index (κ1) is 7.34. The number of nitrogens with zero attached hydrogens (tertiary/aromatic N) is 1. The van der Waals surface area contributed by atoms with Crippen LogP contribution in [0, 0.1) is 5.92 Å². The Kier molecular flexibility index (Phi) is 1.80. The largest absolute Gasteiger partial charge is 0.465 e. The van der Waals surface area contributed by atoms with E-state index in [0.717, 1.165) is 0 Å². The smallest absolute Gasteiger partial charge is 0.407 e. The Bertz CT molecular complexity index is 139. The van der Waals surface area contributed by atoms with Gasteiger partial charge in [0.25, 0.3) is 0 Å². The summed E-state index contributed by atoms with van der Waals surface area (Å²) in [4.78, 5) is 11.7. The van der Waals surface area contributed by atoms with Gasteiger partial charge in [0.05, 0.1) is 0 Å². The third-order valence-corrected chi connectivity index (χ3v) is 1.94. The third-order valence-electron chi connectivity index (χ3n) is 1.94. The quantitative estimate of drug-likeness (QED) is 0.500. The van der Waals surface area contributed by atoms with Crippen LogP contribution in [0.25, 0.3) is 0 Å². The zero-order valence-corrected chi connectivity index (χ0v) is 5.95. The minimum absolute atomic E-state index is 0.0242. The summed E-state index contributed by atoms with van der Waals surface area (Å²) < 4.78 is 0. The molecule has 1 amide bonds. The molecule has 4 nitrogen and oxygen atoms in total. The average Bonchev–Trinajstić information content (AvgIpc) is 2.13. The maximum atomic E-state index is 10.4. The fraction of sp³-hybridized carbons (Fsp3) is 0.833. The van der Waals surface area contributed by atoms with E-state index in [4.69, 9.17) is 10.8 Å². The number of likely N-dealkylation sites (tertiary alicyclic amines) is 1. The molecule has 0 aromatic rings. The van der Waals surface area contributed by atoms with E-state index < -0.39 is 6.09 Å². The Morgan fingerprint density at radius 1 is 1.70 bits per heavy atom. The highest BCUT2D eigenvalue weighted by Gasteiger charge is 2.29. The summed E-state index contributed by atoms with van der Waals surface area (Å²) >= 11 is 0. The van der Waals surface area contributed by atoms with Crippen molar-refractivity contribution in [1.82, 2.24) is 4.90 Å². The monoisotopic (exact) mass is 144 g/mol. The highest BCUT2D eigenvalue weighted by Crippen LogP contribution is 2.13. The van der Waals surface area contributed by atoms with E-state index in [2.05, 4.69) is 0 Å². The molecule has 10 heavy (non-hydrogen) atoms. The summed E-state index contributed by atoms with van der Waals surface area (Å²) in [6, 6.07) is 0.0242. The molecular formula is C6H12N2O2. The molecule has 0 aromatic carbocycles. The van der Waals surface area contributed by atoms with Crippen LogP contribution in [-0.2, 0) is 0 Å². The molecule has 2 atom stereocenters. The van der Waals surface area contributed by atoms with Gasteiger partial charge in [0.2, 0.25) is 0 Å². The first-order chi connectivity index (χ1) is 4.61. The van der Waals surface area contributed by atoms with Crippen LogP contribution in [0.15, 0.2) is 0 Å². The topological polar surface area (TPSA) is 66.6 Å². The van der Waals surface area contributed by atoms with Gasteiger partial charge in [0.15, 0.2) is 0 Å². The molecular weight excluding hydrogens is 132 g/mol. The fourth-order valence-electron chi connectivity index (χ4n) is 1.15. The molecule has 0 saturated carbocycles. The molecule has 0 radical (unpaired) electrons. The second kappa shape index (κ2) is 2.46. The van der Waals surface area contributed by atoms with Crippen LogP contribution < -0.4 is 5.73 Å². The summed E-state index contributed by atoms with van der Waals surface area (Å²) in [6.07, 6.45) is -0.861. The molecule has 1 rings (SSSR count). The number of amides is 1. The van der Waals surface area contributed by atoms with E-state index in [9.17, 15) is 4.79 Å². The number of carbonyl (C=O) groups is 1. The third kappa shape index (κ3) is 1.21. The van der Waals surface area contributed by atoms with Crippen molar-refractivity contribution in [3.05, 3.63) is 0 Å². The lowest BCUT2D eigenvalue weighted by Crippen LogP contribution is -2.30. The first-order valence-electron chi connectivity index (χ1n) is 3.34. The van der Waals surface area contributed by atoms with Crippen molar-refractivity contribution in [3.63, 3.8) is 0 Å². The van der Waals surface area contributed by atoms with Gasteiger partial charge < -0.3 is 15.7 Å². The summed E-state index contributed by atoms with van der Waals surface area (Å²) in [7, 11) is 0. The molecule has 1 heterocycles. The molecule has 1 fully saturated rings. The number of hydrogen-bond acceptors (Lipinski definition) is 2. The fourth-order valence-corrected chi connectivity index (χ4v) is 1.15. The molecule has 58 valence electrons. The lowest BCUT2D eigenvalue weighted by Gasteiger charge is -2.08. The Morgan fingerprint density at radius 2 is 2.30 bits per heavy atom. The van der Waals surface area contributed by atoms with Crippen molar-refractivity contribution in [2.45, 2.75) is 13.0 Å². The summed E-state index contributed by atoms with van der Waals surface area (Å²) in [5.41, 5.74) is 5.60. The minimum Gasteiger partial charge on any atom is -0.465 e. The summed E-state index contributed by atoms with van der Waals surface area (Å²) in [5, 5.41) is 8.52. The molecule has 0 spiro atoms. The van der Waals surface area contributed by atoms with Crippen molar-refractivity contribution in [3.8, 4) is 0 Å². The summed E-state index contributed by atoms with van der Waals surface area (Å²) in [6.45, 7) is 3.03. The molecule has 1 aliphatic heterocycles. The van der Waals surface area contributed by atoms with Crippen LogP contribution in [-0.4, -0.2) is 35.2 Å². The zero-order valence-electron chi connectivity index (χ0n) is 5.95. The average molecular weight is 144 g/mol. The van der Waals surface area contributed by atoms with Crippen molar-refractivity contribution in [2.24, 2.45) is 11.7 Å². The molecule has 0 aromatic heterocycles. The maximum Gasteiger partial charge on any atom is 0.407 e. The van der Waals surface area contributed by atoms with Gasteiger partial charge in [-0.1, -0.05) is 6.92 Å². The lowest BCUT2D eigenvalue weighted by molar-refractivity contribution is 0.154. The first-order valence-corrected chi connectivity index (χ1v) is 3.34. The van der Waals surface area contributed by atoms with E-state index in [1.807, 2.05) is 6.92 Å². The van der Waals surface area contributed by atoms with Crippen LogP contribution in [0.2, 0.25) is 0 Å². The molecule has 0 unspecified atom stereocenters. The molecule has 4 heteroatoms. The highest BCUT2D eigenvalue weighted by atomic mass is 16.4. The van der Waals surface area contributed by atoms with E-state index in [-0.39, 0.29) is 6.04 Å². The van der Waals surface area contributed by atoms with Crippen molar-refractivity contribution >= 4 is 6.09 Å². The minimum atomic E-state index is -0.861. The van der Waals surface area contributed by atoms with Gasteiger partial charge in [-0.3, -0.25) is 0 Å². The number of carboxylic acid groups (broad SMARTS) is 1. The van der Waals surface area contributed by atoms with E-state index in [0.29, 0.717) is 19.0 Å². The van der Waals surface area contributed by atoms with Crippen LogP contribution in [0.5, 0.6) is 0 Å². The Balaban J connectivity index is 2.49. The van der Waals surface area contributed by atoms with Crippen molar-refractivity contribution in [2.75, 3.05) is 13.1 Å². The Morgan fingerprint density at radius 3 is 2.50 bits per heavy atom. The van der Waals surface area contributed by atoms with Gasteiger partial charge in [-0.2, -0.15) is 0 Å². The van der Waals surface area contributed by atoms with Crippen LogP contribution in [0.4, 0.5) is 4.79 Å². The van der Waals surface area contributed by atoms with Crippen molar-refractivity contribution < 1.29 is 9.90 Å². The Hall–Kier alpha value is -0.770. The number of hydrogen-bond donors (Lipinski definition) is 2. The van der Waals surface area contributed by atoms with Gasteiger partial charge in [-0.05, 0) is 5.92 Å². The predicted molar refractivity (Wildman–Crippen MR) is 36.7 cm³/mol. The van der Waals surface area contributed by atoms with E-state index in [1.54, 1.807) is 0 Å². The molecule has 3 N–H and O–H groups in total. The van der Waals surface area contributed by atoms with Gasteiger partial charge in [-0.25, -0.2) is 4.79 Å². The van der Waals surface area contributed by atoms with Gasteiger partial charge in [-0.15, -0.1) is 0 Å². The van der Waals surface area contributed by atoms with Crippen LogP contribution >= 0.6 is 0 Å². The Labute approximate surface area is 59.6 Å². The van der Waals surface area contributed by atoms with E-state index in [1.165, 1.54) is 4.90 Å². The predicted octanol–water partition coefficient (Wildman–Crippen LogP) is -0.0566. The number of rotatable bonds is 0. The SMILES string of the molecule is C[C@@H]1CN(C(=O)O)C[C@@H]1N. The molecule has 0 bridgehead atoms. The van der Waals surface area contributed by atoms with Gasteiger partial charge in [0.1, 0.15) is 0 Å². The van der Waals surface area contributed by atoms with Crippen LogP contribution in [0.1, 0.15) is 6.92 Å². The van der Waals surface area contributed by atoms with Gasteiger partial charge >= 0.3 is 6.09 Å². The van der Waals surface area contributed by atoms with Gasteiger partial charge in [0, 0.05) is 19.1 Å². The highest BCUT2D eigenvalue weighted by molar-refractivity contribution is 5.65. The molecule has 1 aliphatic rings. The normalized spacial score (nSPS) is 32.8. The molecule has 1 saturated heterocycles. The maximum absolute atomic E-state index is 10.4. The summed E-state index contributed by atoms with van der Waals surface area (Å²) in [5.74, 6) is 0.302. The van der Waals surface area contributed by atoms with Crippen molar-refractivity contribution in [1.29, 1.82) is 0 Å². The standard InChI is InChI=1S/C6H12N2O2/c1-4-2-8(6(9)10)3-5(4)7/h4-5H,2-3,7H2,1H3,(H,9,10)/t4-,5+/m1/s1. The molecule has 0 aliphatic carbocycles. The lowest BCUT2D eigenvalue weighted by atomic mass is 10.1. The second-order valence-corrected chi connectivity index (χ2v) is 2.83. The number of nitrogens with two attached hydrogens (primary N) is 1. The second-order valence-electron chi connectivity index (χ2n) is 2.83. The van der Waals surface area contributed by atoms with E-state index >= 15 is 0 Å². The van der Waals surface area contributed by atoms with Crippen LogP contribution in [0.3, 0.4) is 0 Å². The zero-order chi connectivity index (χ0) is 7.72.